The van der Waals surface area contributed by atoms with Crippen LogP contribution in [0.2, 0.25) is 0 Å². The summed E-state index contributed by atoms with van der Waals surface area (Å²) in [5.74, 6) is -0.307. The van der Waals surface area contributed by atoms with Crippen molar-refractivity contribution < 1.29 is 19.0 Å². The van der Waals surface area contributed by atoms with Gasteiger partial charge in [0, 0.05) is 25.3 Å². The molecule has 0 aliphatic heterocycles. The van der Waals surface area contributed by atoms with E-state index >= 15 is 0 Å². The van der Waals surface area contributed by atoms with Crippen LogP contribution in [0.5, 0.6) is 0 Å². The van der Waals surface area contributed by atoms with Crippen molar-refractivity contribution in [2.45, 2.75) is 91.8 Å². The molecule has 2 amide bonds. The van der Waals surface area contributed by atoms with Gasteiger partial charge in [-0.2, -0.15) is 0 Å². The quantitative estimate of drug-likeness (QED) is 0.345. The van der Waals surface area contributed by atoms with Gasteiger partial charge in [-0.25, -0.2) is 0 Å². The third-order valence-corrected chi connectivity index (χ3v) is 8.87. The SMILES string of the molecule is CNC(=O)C(NC(=O)C(CC(C)C)CP(=O)(O)Cc1ccc(CC2CCCCC2)cc1)C(C)(C)C. The summed E-state index contributed by atoms with van der Waals surface area (Å²) in [5.41, 5.74) is 1.62. The monoisotopic (exact) mass is 506 g/mol. The van der Waals surface area contributed by atoms with Crippen molar-refractivity contribution >= 4 is 19.2 Å². The Balaban J connectivity index is 2.06. The van der Waals surface area contributed by atoms with Gasteiger partial charge in [-0.05, 0) is 41.2 Å². The van der Waals surface area contributed by atoms with Crippen LogP contribution in [0.25, 0.3) is 0 Å². The number of carbonyl (C=O) groups excluding carboxylic acids is 2. The van der Waals surface area contributed by atoms with Gasteiger partial charge in [0.15, 0.2) is 0 Å². The van der Waals surface area contributed by atoms with Crippen molar-refractivity contribution in [3.05, 3.63) is 35.4 Å². The normalized spacial score (nSPS) is 18.5. The van der Waals surface area contributed by atoms with E-state index in [-0.39, 0.29) is 30.1 Å². The predicted octanol–water partition coefficient (Wildman–Crippen LogP) is 5.52. The lowest BCUT2D eigenvalue weighted by Gasteiger charge is -2.32. The van der Waals surface area contributed by atoms with Crippen LogP contribution in [-0.2, 0) is 26.7 Å². The average Bonchev–Trinajstić information content (AvgIpc) is 2.77. The molecule has 1 fully saturated rings. The standard InChI is InChI=1S/C28H47N2O4P/c1-20(2)16-24(26(31)30-25(27(32)29-6)28(3,4)5)19-35(33,34)18-23-14-12-22(13-15-23)17-21-10-8-7-9-11-21/h12-15,20-21,24-25H,7-11,16-19H2,1-6H3,(H,29,32)(H,30,31)(H,33,34). The fraction of sp³-hybridized carbons (Fsp3) is 0.714. The summed E-state index contributed by atoms with van der Waals surface area (Å²) in [6.45, 7) is 9.65. The molecule has 0 aromatic heterocycles. The molecule has 1 aliphatic rings. The van der Waals surface area contributed by atoms with Crippen molar-refractivity contribution in [2.75, 3.05) is 13.2 Å². The summed E-state index contributed by atoms with van der Waals surface area (Å²) in [6.07, 6.45) is 8.10. The fourth-order valence-corrected chi connectivity index (χ4v) is 7.03. The van der Waals surface area contributed by atoms with E-state index in [2.05, 4.69) is 22.8 Å². The van der Waals surface area contributed by atoms with Gasteiger partial charge < -0.3 is 15.5 Å². The van der Waals surface area contributed by atoms with Crippen LogP contribution in [0.4, 0.5) is 0 Å². The Bertz CT molecular complexity index is 870. The molecule has 1 aromatic rings. The second kappa shape index (κ2) is 13.1. The van der Waals surface area contributed by atoms with E-state index in [0.29, 0.717) is 6.42 Å². The van der Waals surface area contributed by atoms with Gasteiger partial charge in [-0.15, -0.1) is 0 Å². The highest BCUT2D eigenvalue weighted by Crippen LogP contribution is 2.47. The number of amides is 2. The maximum Gasteiger partial charge on any atom is 0.242 e. The maximum atomic E-state index is 13.3. The Hall–Kier alpha value is -1.65. The van der Waals surface area contributed by atoms with Crippen LogP contribution in [-0.4, -0.2) is 36.0 Å². The Morgan fingerprint density at radius 2 is 1.60 bits per heavy atom. The number of hydrogen-bond acceptors (Lipinski definition) is 3. The summed E-state index contributed by atoms with van der Waals surface area (Å²) in [5, 5.41) is 5.47. The van der Waals surface area contributed by atoms with Crippen LogP contribution in [0, 0.1) is 23.2 Å². The minimum absolute atomic E-state index is 0.0523. The van der Waals surface area contributed by atoms with Gasteiger partial charge in [-0.3, -0.25) is 14.2 Å². The largest absolute Gasteiger partial charge is 0.357 e. The van der Waals surface area contributed by atoms with Crippen molar-refractivity contribution in [1.82, 2.24) is 10.6 Å². The molecule has 0 bridgehead atoms. The highest BCUT2D eigenvalue weighted by Gasteiger charge is 2.36. The van der Waals surface area contributed by atoms with E-state index in [4.69, 9.17) is 0 Å². The minimum Gasteiger partial charge on any atom is -0.357 e. The van der Waals surface area contributed by atoms with Crippen LogP contribution in [0.3, 0.4) is 0 Å². The molecular weight excluding hydrogens is 459 g/mol. The lowest BCUT2D eigenvalue weighted by Crippen LogP contribution is -2.54. The molecule has 7 heteroatoms. The zero-order valence-electron chi connectivity index (χ0n) is 22.6. The fourth-order valence-electron chi connectivity index (χ4n) is 5.11. The van der Waals surface area contributed by atoms with E-state index in [1.807, 2.05) is 46.8 Å². The van der Waals surface area contributed by atoms with Crippen molar-refractivity contribution in [3.63, 3.8) is 0 Å². The van der Waals surface area contributed by atoms with Crippen molar-refractivity contribution in [1.29, 1.82) is 0 Å². The zero-order chi connectivity index (χ0) is 26.2. The molecule has 3 unspecified atom stereocenters. The Morgan fingerprint density at radius 3 is 2.11 bits per heavy atom. The Morgan fingerprint density at radius 1 is 1.03 bits per heavy atom. The second-order valence-corrected chi connectivity index (χ2v) is 14.3. The van der Waals surface area contributed by atoms with Gasteiger partial charge >= 0.3 is 0 Å². The molecule has 6 nitrogen and oxygen atoms in total. The molecule has 0 spiro atoms. The Labute approximate surface area is 212 Å². The van der Waals surface area contributed by atoms with Gasteiger partial charge in [-0.1, -0.05) is 91.0 Å². The first-order valence-corrected chi connectivity index (χ1v) is 15.2. The van der Waals surface area contributed by atoms with Gasteiger partial charge in [0.2, 0.25) is 19.2 Å². The molecule has 1 saturated carbocycles. The third-order valence-electron chi connectivity index (χ3n) is 7.00. The second-order valence-electron chi connectivity index (χ2n) is 12.0. The molecule has 0 radical (unpaired) electrons. The molecule has 35 heavy (non-hydrogen) atoms. The summed E-state index contributed by atoms with van der Waals surface area (Å²) in [6, 6.07) is 7.36. The number of hydrogen-bond donors (Lipinski definition) is 3. The van der Waals surface area contributed by atoms with Crippen molar-refractivity contribution in [2.24, 2.45) is 23.2 Å². The topological polar surface area (TPSA) is 95.5 Å². The number of nitrogens with one attached hydrogen (secondary N) is 2. The smallest absolute Gasteiger partial charge is 0.242 e. The summed E-state index contributed by atoms with van der Waals surface area (Å²) < 4.78 is 13.3. The van der Waals surface area contributed by atoms with E-state index in [1.54, 1.807) is 7.05 Å². The number of rotatable bonds is 11. The lowest BCUT2D eigenvalue weighted by atomic mass is 9.85. The van der Waals surface area contributed by atoms with Crippen LogP contribution < -0.4 is 10.6 Å². The van der Waals surface area contributed by atoms with E-state index in [0.717, 1.165) is 17.9 Å². The van der Waals surface area contributed by atoms with Gasteiger partial charge in [0.25, 0.3) is 0 Å². The predicted molar refractivity (Wildman–Crippen MR) is 144 cm³/mol. The molecule has 0 saturated heterocycles. The summed E-state index contributed by atoms with van der Waals surface area (Å²) in [7, 11) is -2.06. The minimum atomic E-state index is -3.61. The van der Waals surface area contributed by atoms with Crippen LogP contribution in [0.15, 0.2) is 24.3 Å². The summed E-state index contributed by atoms with van der Waals surface area (Å²) >= 11 is 0. The van der Waals surface area contributed by atoms with Gasteiger partial charge in [0.1, 0.15) is 6.04 Å². The highest BCUT2D eigenvalue weighted by molar-refractivity contribution is 7.57. The summed E-state index contributed by atoms with van der Waals surface area (Å²) in [4.78, 5) is 36.5. The molecular formula is C28H47N2O4P. The van der Waals surface area contributed by atoms with Crippen LogP contribution >= 0.6 is 7.37 Å². The Kier molecular flexibility index (Phi) is 11.0. The number of carbonyl (C=O) groups is 2. The van der Waals surface area contributed by atoms with Crippen LogP contribution in [0.1, 0.15) is 84.3 Å². The van der Waals surface area contributed by atoms with Crippen molar-refractivity contribution in [3.8, 4) is 0 Å². The number of benzene rings is 1. The number of likely N-dealkylation sites (N-methyl/N-ethyl adjacent to an activating group) is 1. The van der Waals surface area contributed by atoms with E-state index in [1.165, 1.54) is 37.7 Å². The van der Waals surface area contributed by atoms with E-state index < -0.39 is 24.7 Å². The van der Waals surface area contributed by atoms with E-state index in [9.17, 15) is 19.0 Å². The zero-order valence-corrected chi connectivity index (χ0v) is 23.5. The molecule has 1 aromatic carbocycles. The highest BCUT2D eigenvalue weighted by atomic mass is 31.2. The molecule has 198 valence electrons. The maximum absolute atomic E-state index is 13.3. The first kappa shape index (κ1) is 29.6. The molecule has 3 atom stereocenters. The average molecular weight is 507 g/mol. The third kappa shape index (κ3) is 10.1. The first-order chi connectivity index (χ1) is 16.3. The lowest BCUT2D eigenvalue weighted by molar-refractivity contribution is -0.133. The first-order valence-electron chi connectivity index (χ1n) is 13.2. The van der Waals surface area contributed by atoms with Gasteiger partial charge in [0.05, 0.1) is 0 Å². The molecule has 2 rings (SSSR count). The molecule has 3 N–H and O–H groups in total. The molecule has 0 heterocycles. The molecule has 1 aliphatic carbocycles.